The highest BCUT2D eigenvalue weighted by molar-refractivity contribution is 5.84. The predicted octanol–water partition coefficient (Wildman–Crippen LogP) is 3.76. The van der Waals surface area contributed by atoms with Crippen LogP contribution in [0.15, 0.2) is 24.3 Å². The number of ketones is 2. The highest BCUT2D eigenvalue weighted by Crippen LogP contribution is 2.32. The lowest BCUT2D eigenvalue weighted by atomic mass is 9.91. The van der Waals surface area contributed by atoms with Gasteiger partial charge in [0, 0.05) is 18.8 Å². The Hall–Kier alpha value is -1.26. The number of unbranched alkanes of at least 4 members (excludes halogenated alkanes) is 4. The fourth-order valence-corrected chi connectivity index (χ4v) is 3.29. The standard InChI is InChI=1S/C21H34O4/c1-2-3-4-5-6-8-11-17-14-15-19(23)18(17)12-9-7-10-13-20(24)21(25)16-22/h7-9,11,17-18,21-22,25H,2-6,10,12-16H2,1H3/t17-,18+,21?/m0/s1. The fraction of sp³-hybridized carbons (Fsp3) is 0.714. The summed E-state index contributed by atoms with van der Waals surface area (Å²) >= 11 is 0. The molecule has 1 fully saturated rings. The molecular weight excluding hydrogens is 316 g/mol. The van der Waals surface area contributed by atoms with E-state index in [0.29, 0.717) is 24.5 Å². The van der Waals surface area contributed by atoms with Crippen LogP contribution in [0.2, 0.25) is 0 Å². The Kier molecular flexibility index (Phi) is 11.3. The van der Waals surface area contributed by atoms with Gasteiger partial charge >= 0.3 is 0 Å². The maximum atomic E-state index is 12.1. The number of aliphatic hydroxyl groups excluding tert-OH is 2. The van der Waals surface area contributed by atoms with Crippen LogP contribution in [-0.2, 0) is 9.59 Å². The van der Waals surface area contributed by atoms with Crippen LogP contribution >= 0.6 is 0 Å². The SMILES string of the molecule is CCCCCCC=C[C@H]1CCC(=O)[C@@H]1CC=CCCC(=O)C(O)CO. The largest absolute Gasteiger partial charge is 0.393 e. The molecule has 1 unspecified atom stereocenters. The molecule has 0 saturated heterocycles. The van der Waals surface area contributed by atoms with E-state index in [1.54, 1.807) is 0 Å². The lowest BCUT2D eigenvalue weighted by Crippen LogP contribution is -2.23. The summed E-state index contributed by atoms with van der Waals surface area (Å²) in [4.78, 5) is 23.5. The molecule has 4 nitrogen and oxygen atoms in total. The highest BCUT2D eigenvalue weighted by atomic mass is 16.3. The number of rotatable bonds is 13. The zero-order valence-electron chi connectivity index (χ0n) is 15.5. The van der Waals surface area contributed by atoms with Crippen LogP contribution in [0, 0.1) is 11.8 Å². The average Bonchev–Trinajstić information content (AvgIpc) is 2.96. The molecule has 1 aliphatic rings. The van der Waals surface area contributed by atoms with Crippen molar-refractivity contribution < 1.29 is 19.8 Å². The molecule has 1 aliphatic carbocycles. The van der Waals surface area contributed by atoms with Crippen molar-refractivity contribution in [2.24, 2.45) is 11.8 Å². The molecule has 142 valence electrons. The topological polar surface area (TPSA) is 74.6 Å². The van der Waals surface area contributed by atoms with Gasteiger partial charge in [-0.1, -0.05) is 50.5 Å². The Labute approximate surface area is 152 Å². The molecule has 0 heterocycles. The van der Waals surface area contributed by atoms with E-state index >= 15 is 0 Å². The van der Waals surface area contributed by atoms with Crippen molar-refractivity contribution in [3.63, 3.8) is 0 Å². The molecule has 3 atom stereocenters. The molecule has 1 rings (SSSR count). The van der Waals surface area contributed by atoms with Crippen LogP contribution in [0.5, 0.6) is 0 Å². The van der Waals surface area contributed by atoms with Gasteiger partial charge in [-0.3, -0.25) is 9.59 Å². The van der Waals surface area contributed by atoms with E-state index in [9.17, 15) is 14.7 Å². The normalized spacial score (nSPS) is 22.3. The Balaban J connectivity index is 2.31. The summed E-state index contributed by atoms with van der Waals surface area (Å²) in [7, 11) is 0. The number of Topliss-reactive ketones (excluding diaryl/α,β-unsaturated/α-hetero) is 2. The van der Waals surface area contributed by atoms with E-state index in [0.717, 1.165) is 19.3 Å². The Morgan fingerprint density at radius 2 is 2.00 bits per heavy atom. The number of hydrogen-bond acceptors (Lipinski definition) is 4. The first-order valence-electron chi connectivity index (χ1n) is 9.76. The van der Waals surface area contributed by atoms with Crippen LogP contribution in [0.1, 0.15) is 71.1 Å². The third-order valence-electron chi connectivity index (χ3n) is 4.92. The second-order valence-electron chi connectivity index (χ2n) is 6.96. The molecule has 25 heavy (non-hydrogen) atoms. The minimum atomic E-state index is -1.27. The molecular formula is C21H34O4. The maximum absolute atomic E-state index is 12.1. The molecule has 0 spiro atoms. The Morgan fingerprint density at radius 3 is 2.72 bits per heavy atom. The number of carbonyl (C=O) groups is 2. The second kappa shape index (κ2) is 13.0. The van der Waals surface area contributed by atoms with Crippen molar-refractivity contribution in [1.82, 2.24) is 0 Å². The van der Waals surface area contributed by atoms with E-state index in [2.05, 4.69) is 19.1 Å². The van der Waals surface area contributed by atoms with Gasteiger partial charge in [-0.15, -0.1) is 0 Å². The summed E-state index contributed by atoms with van der Waals surface area (Å²) in [5, 5.41) is 17.9. The van der Waals surface area contributed by atoms with E-state index in [1.807, 2.05) is 12.2 Å². The molecule has 4 heteroatoms. The highest BCUT2D eigenvalue weighted by Gasteiger charge is 2.31. The van der Waals surface area contributed by atoms with Crippen molar-refractivity contribution >= 4 is 11.6 Å². The van der Waals surface area contributed by atoms with Crippen LogP contribution in [-0.4, -0.2) is 34.5 Å². The minimum Gasteiger partial charge on any atom is -0.393 e. The Morgan fingerprint density at radius 1 is 1.20 bits per heavy atom. The summed E-state index contributed by atoms with van der Waals surface area (Å²) in [6, 6.07) is 0. The van der Waals surface area contributed by atoms with Gasteiger partial charge in [-0.25, -0.2) is 0 Å². The van der Waals surface area contributed by atoms with Gasteiger partial charge in [-0.05, 0) is 38.0 Å². The average molecular weight is 350 g/mol. The van der Waals surface area contributed by atoms with Gasteiger partial charge in [0.1, 0.15) is 11.9 Å². The molecule has 1 saturated carbocycles. The third-order valence-corrected chi connectivity index (χ3v) is 4.92. The summed E-state index contributed by atoms with van der Waals surface area (Å²) in [6.45, 7) is 1.69. The summed E-state index contributed by atoms with van der Waals surface area (Å²) < 4.78 is 0. The van der Waals surface area contributed by atoms with E-state index < -0.39 is 12.7 Å². The van der Waals surface area contributed by atoms with E-state index in [-0.39, 0.29) is 18.1 Å². The molecule has 0 radical (unpaired) electrons. The lowest BCUT2D eigenvalue weighted by molar-refractivity contribution is -0.128. The Bertz CT molecular complexity index is 453. The zero-order valence-corrected chi connectivity index (χ0v) is 15.5. The van der Waals surface area contributed by atoms with Gasteiger partial charge in [-0.2, -0.15) is 0 Å². The first kappa shape index (κ1) is 21.8. The number of aliphatic hydroxyl groups is 2. The van der Waals surface area contributed by atoms with Crippen molar-refractivity contribution in [2.75, 3.05) is 6.61 Å². The summed E-state index contributed by atoms with van der Waals surface area (Å²) in [5.74, 6) is 0.424. The third kappa shape index (κ3) is 8.59. The zero-order chi connectivity index (χ0) is 18.5. The number of allylic oxidation sites excluding steroid dienone is 4. The van der Waals surface area contributed by atoms with Crippen LogP contribution in [0.4, 0.5) is 0 Å². The van der Waals surface area contributed by atoms with Gasteiger partial charge < -0.3 is 10.2 Å². The first-order valence-corrected chi connectivity index (χ1v) is 9.76. The maximum Gasteiger partial charge on any atom is 0.163 e. The van der Waals surface area contributed by atoms with Crippen molar-refractivity contribution in [2.45, 2.75) is 77.2 Å². The monoisotopic (exact) mass is 350 g/mol. The fourth-order valence-electron chi connectivity index (χ4n) is 3.29. The predicted molar refractivity (Wildman–Crippen MR) is 100 cm³/mol. The summed E-state index contributed by atoms with van der Waals surface area (Å²) in [6.07, 6.45) is 16.3. The minimum absolute atomic E-state index is 0.0712. The second-order valence-corrected chi connectivity index (χ2v) is 6.96. The van der Waals surface area contributed by atoms with E-state index in [4.69, 9.17) is 5.11 Å². The smallest absolute Gasteiger partial charge is 0.163 e. The van der Waals surface area contributed by atoms with Gasteiger partial charge in [0.2, 0.25) is 0 Å². The molecule has 0 amide bonds. The molecule has 0 aromatic rings. The quantitative estimate of drug-likeness (QED) is 0.392. The molecule has 0 bridgehead atoms. The lowest BCUT2D eigenvalue weighted by Gasteiger charge is -2.12. The molecule has 0 aliphatic heterocycles. The van der Waals surface area contributed by atoms with Crippen molar-refractivity contribution in [3.05, 3.63) is 24.3 Å². The molecule has 0 aromatic heterocycles. The number of carbonyl (C=O) groups excluding carboxylic acids is 2. The summed E-state index contributed by atoms with van der Waals surface area (Å²) in [5.41, 5.74) is 0. The van der Waals surface area contributed by atoms with Crippen molar-refractivity contribution in [1.29, 1.82) is 0 Å². The molecule has 2 N–H and O–H groups in total. The number of hydrogen-bond donors (Lipinski definition) is 2. The van der Waals surface area contributed by atoms with Gasteiger partial charge in [0.15, 0.2) is 5.78 Å². The van der Waals surface area contributed by atoms with Crippen LogP contribution < -0.4 is 0 Å². The van der Waals surface area contributed by atoms with Crippen molar-refractivity contribution in [3.8, 4) is 0 Å². The van der Waals surface area contributed by atoms with Gasteiger partial charge in [0.05, 0.1) is 6.61 Å². The first-order chi connectivity index (χ1) is 12.1. The molecule has 0 aromatic carbocycles. The van der Waals surface area contributed by atoms with Gasteiger partial charge in [0.25, 0.3) is 0 Å². The van der Waals surface area contributed by atoms with Crippen LogP contribution in [0.3, 0.4) is 0 Å². The van der Waals surface area contributed by atoms with E-state index in [1.165, 1.54) is 25.7 Å². The van der Waals surface area contributed by atoms with Crippen LogP contribution in [0.25, 0.3) is 0 Å².